The lowest BCUT2D eigenvalue weighted by Gasteiger charge is -2.36. The molecule has 138 valence electrons. The monoisotopic (exact) mass is 395 g/mol. The van der Waals surface area contributed by atoms with Crippen LogP contribution in [0.5, 0.6) is 5.75 Å². The first kappa shape index (κ1) is 18.8. The Kier molecular flexibility index (Phi) is 6.19. The first-order valence-corrected chi connectivity index (χ1v) is 9.08. The Balaban J connectivity index is 1.42. The van der Waals surface area contributed by atoms with E-state index in [9.17, 15) is 10.1 Å². The van der Waals surface area contributed by atoms with Gasteiger partial charge in [0.2, 0.25) is 0 Å². The zero-order valence-electron chi connectivity index (χ0n) is 14.1. The van der Waals surface area contributed by atoms with Gasteiger partial charge in [-0.1, -0.05) is 23.2 Å². The summed E-state index contributed by atoms with van der Waals surface area (Å²) in [6, 6.07) is 11.9. The summed E-state index contributed by atoms with van der Waals surface area (Å²) in [5, 5.41) is 11.8. The second-order valence-electron chi connectivity index (χ2n) is 6.03. The fraction of sp³-hybridized carbons (Fsp3) is 0.333. The molecule has 0 aliphatic carbocycles. The summed E-state index contributed by atoms with van der Waals surface area (Å²) in [5.41, 5.74) is 1.15. The van der Waals surface area contributed by atoms with Crippen molar-refractivity contribution >= 4 is 34.6 Å². The summed E-state index contributed by atoms with van der Waals surface area (Å²) >= 11 is 12.1. The second kappa shape index (κ2) is 8.58. The van der Waals surface area contributed by atoms with Gasteiger partial charge in [0, 0.05) is 50.5 Å². The number of non-ortho nitro benzene ring substituents is 1. The Labute approximate surface area is 162 Å². The van der Waals surface area contributed by atoms with Crippen LogP contribution in [0.25, 0.3) is 0 Å². The molecule has 0 aromatic heterocycles. The lowest BCUT2D eigenvalue weighted by atomic mass is 10.2. The van der Waals surface area contributed by atoms with E-state index in [2.05, 4.69) is 9.80 Å². The molecule has 1 aliphatic heterocycles. The molecule has 1 fully saturated rings. The van der Waals surface area contributed by atoms with Gasteiger partial charge in [-0.25, -0.2) is 0 Å². The highest BCUT2D eigenvalue weighted by molar-refractivity contribution is 6.42. The summed E-state index contributed by atoms with van der Waals surface area (Å²) in [6.45, 7) is 5.05. The van der Waals surface area contributed by atoms with Crippen LogP contribution in [0.15, 0.2) is 42.5 Å². The van der Waals surface area contributed by atoms with Crippen LogP contribution in [0.3, 0.4) is 0 Å². The van der Waals surface area contributed by atoms with Gasteiger partial charge in [0.1, 0.15) is 12.4 Å². The standard InChI is InChI=1S/C18H19Cl2N3O3/c19-17-6-3-15(13-18(17)20)22-9-7-21(8-10-22)11-12-26-16-4-1-14(2-5-16)23(24)25/h1-6,13H,7-12H2. The van der Waals surface area contributed by atoms with Crippen LogP contribution in [0, 0.1) is 10.1 Å². The number of rotatable bonds is 6. The van der Waals surface area contributed by atoms with E-state index >= 15 is 0 Å². The van der Waals surface area contributed by atoms with Crippen molar-refractivity contribution in [3.8, 4) is 5.75 Å². The molecule has 0 saturated carbocycles. The summed E-state index contributed by atoms with van der Waals surface area (Å²) in [5.74, 6) is 0.644. The lowest BCUT2D eigenvalue weighted by molar-refractivity contribution is -0.384. The van der Waals surface area contributed by atoms with Crippen LogP contribution >= 0.6 is 23.2 Å². The van der Waals surface area contributed by atoms with Crippen LogP contribution in [0.4, 0.5) is 11.4 Å². The molecule has 0 bridgehead atoms. The molecule has 2 aromatic rings. The molecule has 8 heteroatoms. The number of hydrogen-bond donors (Lipinski definition) is 0. The van der Waals surface area contributed by atoms with Crippen LogP contribution in [0.2, 0.25) is 10.0 Å². The molecule has 2 aromatic carbocycles. The molecule has 3 rings (SSSR count). The van der Waals surface area contributed by atoms with E-state index in [0.29, 0.717) is 22.4 Å². The number of halogens is 2. The minimum absolute atomic E-state index is 0.0655. The van der Waals surface area contributed by atoms with Crippen molar-refractivity contribution in [2.24, 2.45) is 0 Å². The molecule has 0 amide bonds. The molecule has 6 nitrogen and oxygen atoms in total. The predicted molar refractivity (Wildman–Crippen MR) is 104 cm³/mol. The summed E-state index contributed by atoms with van der Waals surface area (Å²) < 4.78 is 5.67. The number of benzene rings is 2. The minimum atomic E-state index is -0.420. The lowest BCUT2D eigenvalue weighted by Crippen LogP contribution is -2.47. The Bertz CT molecular complexity index is 763. The summed E-state index contributed by atoms with van der Waals surface area (Å²) in [7, 11) is 0. The van der Waals surface area contributed by atoms with E-state index in [1.165, 1.54) is 12.1 Å². The molecular formula is C18H19Cl2N3O3. The third-order valence-corrected chi connectivity index (χ3v) is 5.10. The van der Waals surface area contributed by atoms with Crippen LogP contribution in [-0.4, -0.2) is 49.2 Å². The normalized spacial score (nSPS) is 15.1. The van der Waals surface area contributed by atoms with Crippen molar-refractivity contribution in [2.75, 3.05) is 44.2 Å². The van der Waals surface area contributed by atoms with Gasteiger partial charge in [-0.3, -0.25) is 15.0 Å². The van der Waals surface area contributed by atoms with E-state index in [0.717, 1.165) is 38.4 Å². The highest BCUT2D eigenvalue weighted by atomic mass is 35.5. The molecular weight excluding hydrogens is 377 g/mol. The quantitative estimate of drug-likeness (QED) is 0.544. The molecule has 26 heavy (non-hydrogen) atoms. The number of nitro benzene ring substituents is 1. The maximum atomic E-state index is 10.6. The van der Waals surface area contributed by atoms with Crippen LogP contribution in [0.1, 0.15) is 0 Å². The number of nitrogens with zero attached hydrogens (tertiary/aromatic N) is 3. The molecule has 0 unspecified atom stereocenters. The van der Waals surface area contributed by atoms with E-state index < -0.39 is 4.92 Å². The smallest absolute Gasteiger partial charge is 0.269 e. The molecule has 0 N–H and O–H groups in total. The zero-order chi connectivity index (χ0) is 18.5. The van der Waals surface area contributed by atoms with Crippen LogP contribution < -0.4 is 9.64 Å². The SMILES string of the molecule is O=[N+]([O-])c1ccc(OCCN2CCN(c3ccc(Cl)c(Cl)c3)CC2)cc1. The maximum Gasteiger partial charge on any atom is 0.269 e. The van der Waals surface area contributed by atoms with Crippen molar-refractivity contribution in [3.63, 3.8) is 0 Å². The van der Waals surface area contributed by atoms with Crippen molar-refractivity contribution in [3.05, 3.63) is 62.6 Å². The predicted octanol–water partition coefficient (Wildman–Crippen LogP) is 4.10. The largest absolute Gasteiger partial charge is 0.492 e. The molecule has 0 spiro atoms. The van der Waals surface area contributed by atoms with E-state index in [1.807, 2.05) is 18.2 Å². The van der Waals surface area contributed by atoms with Gasteiger partial charge < -0.3 is 9.64 Å². The Morgan fingerprint density at radius 2 is 1.69 bits per heavy atom. The molecule has 0 radical (unpaired) electrons. The summed E-state index contributed by atoms with van der Waals surface area (Å²) in [6.07, 6.45) is 0. The molecule has 1 saturated heterocycles. The van der Waals surface area contributed by atoms with E-state index in [4.69, 9.17) is 27.9 Å². The average molecular weight is 396 g/mol. The third kappa shape index (κ3) is 4.78. The first-order valence-electron chi connectivity index (χ1n) is 8.32. The maximum absolute atomic E-state index is 10.6. The Morgan fingerprint density at radius 3 is 2.31 bits per heavy atom. The van der Waals surface area contributed by atoms with E-state index in [-0.39, 0.29) is 5.69 Å². The molecule has 1 heterocycles. The fourth-order valence-electron chi connectivity index (χ4n) is 2.87. The van der Waals surface area contributed by atoms with Crippen molar-refractivity contribution in [1.82, 2.24) is 4.90 Å². The number of ether oxygens (including phenoxy) is 1. The van der Waals surface area contributed by atoms with Gasteiger partial charge in [-0.2, -0.15) is 0 Å². The van der Waals surface area contributed by atoms with Gasteiger partial charge in [-0.05, 0) is 30.3 Å². The number of anilines is 1. The number of nitro groups is 1. The van der Waals surface area contributed by atoms with Gasteiger partial charge in [-0.15, -0.1) is 0 Å². The van der Waals surface area contributed by atoms with E-state index in [1.54, 1.807) is 12.1 Å². The van der Waals surface area contributed by atoms with Crippen molar-refractivity contribution in [2.45, 2.75) is 0 Å². The molecule has 0 atom stereocenters. The molecule has 1 aliphatic rings. The zero-order valence-corrected chi connectivity index (χ0v) is 15.6. The fourth-order valence-corrected chi connectivity index (χ4v) is 3.16. The summed E-state index contributed by atoms with van der Waals surface area (Å²) in [4.78, 5) is 14.8. The Morgan fingerprint density at radius 1 is 1.00 bits per heavy atom. The van der Waals surface area contributed by atoms with Gasteiger partial charge in [0.05, 0.1) is 15.0 Å². The highest BCUT2D eigenvalue weighted by Crippen LogP contribution is 2.27. The van der Waals surface area contributed by atoms with Crippen molar-refractivity contribution in [1.29, 1.82) is 0 Å². The Hall–Kier alpha value is -2.02. The van der Waals surface area contributed by atoms with Gasteiger partial charge in [0.25, 0.3) is 5.69 Å². The van der Waals surface area contributed by atoms with Gasteiger partial charge in [0.15, 0.2) is 0 Å². The van der Waals surface area contributed by atoms with Gasteiger partial charge >= 0.3 is 0 Å². The number of hydrogen-bond acceptors (Lipinski definition) is 5. The minimum Gasteiger partial charge on any atom is -0.492 e. The number of piperazine rings is 1. The first-order chi connectivity index (χ1) is 12.5. The topological polar surface area (TPSA) is 58.9 Å². The highest BCUT2D eigenvalue weighted by Gasteiger charge is 2.17. The third-order valence-electron chi connectivity index (χ3n) is 4.36. The van der Waals surface area contributed by atoms with Crippen molar-refractivity contribution < 1.29 is 9.66 Å². The second-order valence-corrected chi connectivity index (χ2v) is 6.84. The van der Waals surface area contributed by atoms with Crippen LogP contribution in [-0.2, 0) is 0 Å². The average Bonchev–Trinajstić information content (AvgIpc) is 2.65.